The van der Waals surface area contributed by atoms with Gasteiger partial charge in [-0.1, -0.05) is 67.4 Å². The first-order valence-corrected chi connectivity index (χ1v) is 12.5. The highest BCUT2D eigenvalue weighted by molar-refractivity contribution is 7.46. The number of nitrogens with two attached hydrogens (primary N) is 1. The van der Waals surface area contributed by atoms with E-state index in [0.29, 0.717) is 18.4 Å². The van der Waals surface area contributed by atoms with Crippen molar-refractivity contribution in [3.05, 3.63) is 71.3 Å². The molecule has 1 unspecified atom stereocenters. The van der Waals surface area contributed by atoms with E-state index in [1.807, 2.05) is 18.2 Å². The normalized spacial score (nSPS) is 13.6. The zero-order valence-electron chi connectivity index (χ0n) is 18.4. The molecule has 2 rings (SSSR count). The lowest BCUT2D eigenvalue weighted by molar-refractivity contribution is 0.0978. The second-order valence-electron chi connectivity index (χ2n) is 8.30. The van der Waals surface area contributed by atoms with Crippen LogP contribution in [-0.4, -0.2) is 39.4 Å². The number of unbranched alkanes of at least 4 members (excludes halogenated alkanes) is 3. The molecular formula is C24H34NO6P. The zero-order chi connectivity index (χ0) is 23.5. The molecule has 0 saturated heterocycles. The number of hydrogen-bond donors (Lipinski definition) is 4. The Morgan fingerprint density at radius 2 is 1.53 bits per heavy atom. The third kappa shape index (κ3) is 10.2. The van der Waals surface area contributed by atoms with Gasteiger partial charge in [0.2, 0.25) is 0 Å². The molecule has 0 saturated carbocycles. The monoisotopic (exact) mass is 463 g/mol. The van der Waals surface area contributed by atoms with E-state index in [-0.39, 0.29) is 12.2 Å². The first-order chi connectivity index (χ1) is 15.2. The van der Waals surface area contributed by atoms with Gasteiger partial charge in [-0.2, -0.15) is 0 Å². The molecule has 8 heteroatoms. The molecule has 2 aromatic rings. The minimum atomic E-state index is -4.65. The SMILES string of the molecule is NC(CO)(CCc1ccc(C(=O)CCCCCCc2ccccc2)cc1)COP(=O)(O)O. The molecule has 5 N–H and O–H groups in total. The zero-order valence-corrected chi connectivity index (χ0v) is 19.3. The van der Waals surface area contributed by atoms with Gasteiger partial charge in [0.1, 0.15) is 0 Å². The molecule has 2 aromatic carbocycles. The van der Waals surface area contributed by atoms with Gasteiger partial charge in [-0.15, -0.1) is 0 Å². The minimum Gasteiger partial charge on any atom is -0.394 e. The molecule has 0 spiro atoms. The number of phosphoric acid groups is 1. The number of hydrogen-bond acceptors (Lipinski definition) is 5. The summed E-state index contributed by atoms with van der Waals surface area (Å²) in [7, 11) is -4.65. The van der Waals surface area contributed by atoms with E-state index in [9.17, 15) is 14.5 Å². The Morgan fingerprint density at radius 1 is 0.906 bits per heavy atom. The number of carbonyl (C=O) groups excluding carboxylic acids is 1. The fourth-order valence-electron chi connectivity index (χ4n) is 3.42. The number of rotatable bonds is 15. The van der Waals surface area contributed by atoms with Crippen LogP contribution in [0.4, 0.5) is 0 Å². The lowest BCUT2D eigenvalue weighted by Crippen LogP contribution is -2.48. The van der Waals surface area contributed by atoms with E-state index in [2.05, 4.69) is 28.8 Å². The van der Waals surface area contributed by atoms with Crippen molar-refractivity contribution in [1.29, 1.82) is 0 Å². The maximum atomic E-state index is 12.4. The van der Waals surface area contributed by atoms with Crippen LogP contribution in [0.3, 0.4) is 0 Å². The maximum absolute atomic E-state index is 12.4. The molecule has 0 aliphatic rings. The molecule has 0 aliphatic heterocycles. The summed E-state index contributed by atoms with van der Waals surface area (Å²) in [5.74, 6) is 0.123. The van der Waals surface area contributed by atoms with E-state index in [4.69, 9.17) is 15.5 Å². The number of carbonyl (C=O) groups is 1. The van der Waals surface area contributed by atoms with Crippen molar-refractivity contribution in [2.24, 2.45) is 5.73 Å². The lowest BCUT2D eigenvalue weighted by atomic mass is 9.93. The minimum absolute atomic E-state index is 0.123. The molecular weight excluding hydrogens is 429 g/mol. The second-order valence-corrected chi connectivity index (χ2v) is 9.54. The Kier molecular flexibility index (Phi) is 10.7. The van der Waals surface area contributed by atoms with Crippen LogP contribution in [0.5, 0.6) is 0 Å². The fraction of sp³-hybridized carbons (Fsp3) is 0.458. The molecule has 7 nitrogen and oxygen atoms in total. The van der Waals surface area contributed by atoms with Gasteiger partial charge in [0.15, 0.2) is 5.78 Å². The van der Waals surface area contributed by atoms with E-state index < -0.39 is 26.6 Å². The average molecular weight is 464 g/mol. The Morgan fingerprint density at radius 3 is 2.16 bits per heavy atom. The molecule has 0 aromatic heterocycles. The van der Waals surface area contributed by atoms with E-state index in [0.717, 1.165) is 37.7 Å². The van der Waals surface area contributed by atoms with Crippen LogP contribution in [0.1, 0.15) is 60.0 Å². The van der Waals surface area contributed by atoms with Gasteiger partial charge in [-0.25, -0.2) is 4.57 Å². The van der Waals surface area contributed by atoms with Gasteiger partial charge < -0.3 is 20.6 Å². The van der Waals surface area contributed by atoms with Crippen molar-refractivity contribution in [2.75, 3.05) is 13.2 Å². The summed E-state index contributed by atoms with van der Waals surface area (Å²) in [5.41, 5.74) is 7.67. The Balaban J connectivity index is 1.69. The van der Waals surface area contributed by atoms with Crippen LogP contribution in [-0.2, 0) is 21.9 Å². The first-order valence-electron chi connectivity index (χ1n) is 11.0. The van der Waals surface area contributed by atoms with Crippen LogP contribution in [0.25, 0.3) is 0 Å². The summed E-state index contributed by atoms with van der Waals surface area (Å²) in [6, 6.07) is 17.7. The summed E-state index contributed by atoms with van der Waals surface area (Å²) in [4.78, 5) is 30.0. The highest BCUT2D eigenvalue weighted by atomic mass is 31.2. The highest BCUT2D eigenvalue weighted by Gasteiger charge is 2.28. The van der Waals surface area contributed by atoms with E-state index >= 15 is 0 Å². The number of ketones is 1. The molecule has 176 valence electrons. The molecule has 1 atom stereocenters. The third-order valence-corrected chi connectivity index (χ3v) is 5.95. The molecule has 0 amide bonds. The van der Waals surface area contributed by atoms with E-state index in [1.54, 1.807) is 12.1 Å². The Hall–Kier alpha value is -1.86. The predicted molar refractivity (Wildman–Crippen MR) is 124 cm³/mol. The number of Topliss-reactive ketones (excluding diaryl/α,β-unsaturated/α-hetero) is 1. The van der Waals surface area contributed by atoms with Crippen molar-refractivity contribution >= 4 is 13.6 Å². The van der Waals surface area contributed by atoms with Gasteiger partial charge in [0, 0.05) is 12.0 Å². The highest BCUT2D eigenvalue weighted by Crippen LogP contribution is 2.36. The predicted octanol–water partition coefficient (Wildman–Crippen LogP) is 3.79. The van der Waals surface area contributed by atoms with Crippen LogP contribution in [0.15, 0.2) is 54.6 Å². The smallest absolute Gasteiger partial charge is 0.394 e. The van der Waals surface area contributed by atoms with Crippen LogP contribution >= 0.6 is 7.82 Å². The molecule has 0 radical (unpaired) electrons. The molecule has 0 fully saturated rings. The van der Waals surface area contributed by atoms with Crippen molar-refractivity contribution in [3.8, 4) is 0 Å². The van der Waals surface area contributed by atoms with Gasteiger partial charge in [0.05, 0.1) is 18.8 Å². The van der Waals surface area contributed by atoms with Crippen molar-refractivity contribution in [2.45, 2.75) is 56.9 Å². The summed E-state index contributed by atoms with van der Waals surface area (Å²) >= 11 is 0. The summed E-state index contributed by atoms with van der Waals surface area (Å²) in [6.07, 6.45) is 6.51. The lowest BCUT2D eigenvalue weighted by Gasteiger charge is -2.27. The summed E-state index contributed by atoms with van der Waals surface area (Å²) in [5, 5.41) is 9.47. The average Bonchev–Trinajstić information content (AvgIpc) is 2.79. The maximum Gasteiger partial charge on any atom is 0.469 e. The van der Waals surface area contributed by atoms with Crippen molar-refractivity contribution < 1.29 is 28.8 Å². The largest absolute Gasteiger partial charge is 0.469 e. The van der Waals surface area contributed by atoms with Gasteiger partial charge in [-0.3, -0.25) is 9.32 Å². The Labute approximate surface area is 189 Å². The summed E-state index contributed by atoms with van der Waals surface area (Å²) in [6.45, 7) is -0.912. The van der Waals surface area contributed by atoms with Gasteiger partial charge in [0.25, 0.3) is 0 Å². The van der Waals surface area contributed by atoms with Gasteiger partial charge >= 0.3 is 7.82 Å². The number of aryl methyl sites for hydroxylation is 2. The molecule has 0 aliphatic carbocycles. The molecule has 0 heterocycles. The van der Waals surface area contributed by atoms with Crippen LogP contribution in [0.2, 0.25) is 0 Å². The summed E-state index contributed by atoms with van der Waals surface area (Å²) < 4.78 is 15.3. The fourth-order valence-corrected chi connectivity index (χ4v) is 3.84. The topological polar surface area (TPSA) is 130 Å². The standard InChI is InChI=1S/C24H34NO6P/c25-24(18-26,19-31-32(28,29)30)17-16-21-12-14-22(15-13-21)23(27)11-7-2-1-4-8-20-9-5-3-6-10-20/h3,5-6,9-10,12-15,26H,1-2,4,7-8,11,16-19,25H2,(H2,28,29,30). The Bertz CT molecular complexity index is 868. The van der Waals surface area contributed by atoms with Crippen LogP contribution < -0.4 is 5.73 Å². The van der Waals surface area contributed by atoms with Crippen molar-refractivity contribution in [3.63, 3.8) is 0 Å². The quantitative estimate of drug-likeness (QED) is 0.180. The molecule has 32 heavy (non-hydrogen) atoms. The molecule has 0 bridgehead atoms. The van der Waals surface area contributed by atoms with E-state index in [1.165, 1.54) is 5.56 Å². The number of benzene rings is 2. The second kappa shape index (κ2) is 13.0. The van der Waals surface area contributed by atoms with Gasteiger partial charge in [-0.05, 0) is 43.2 Å². The van der Waals surface area contributed by atoms with Crippen LogP contribution in [0, 0.1) is 0 Å². The first kappa shape index (κ1) is 26.4. The number of phosphoric ester groups is 1. The third-order valence-electron chi connectivity index (χ3n) is 5.48. The van der Waals surface area contributed by atoms with Crippen molar-refractivity contribution in [1.82, 2.24) is 0 Å². The number of aliphatic hydroxyl groups is 1. The number of aliphatic hydroxyl groups excluding tert-OH is 1.